The van der Waals surface area contributed by atoms with Crippen LogP contribution < -0.4 is 31.1 Å². The molecule has 0 unspecified atom stereocenters. The number of benzene rings is 10. The second-order valence-corrected chi connectivity index (χ2v) is 21.2. The average Bonchev–Trinajstić information content (AvgIpc) is 3.37. The minimum absolute atomic E-state index is 0.00411. The Bertz CT molecular complexity index is 3680. The standard InChI is InChI=1S/C66H56BN3/c1-9-43-37-58-60(39-44(43)10-2)69(55-29-23-45-17-11-13-19-47(45)35-55)62-41-57(68(53-31-25-51(26-32-53)65(3,4)5)54-33-27-52(28-34-54)66(6,7)8)42-63-64(62)67(58)59-38-49-21-15-16-22-50(49)40-61(59)70(63)56-30-24-46-18-12-14-20-48(46)36-56/h9-42H,1-2H2,3-8H3. The van der Waals surface area contributed by atoms with Crippen LogP contribution in [-0.2, 0) is 10.8 Å². The Balaban J connectivity index is 1.23. The van der Waals surface area contributed by atoms with Gasteiger partial charge >= 0.3 is 0 Å². The number of hydrogen-bond acceptors (Lipinski definition) is 3. The molecule has 0 amide bonds. The molecule has 0 atom stereocenters. The second-order valence-electron chi connectivity index (χ2n) is 21.2. The minimum Gasteiger partial charge on any atom is -0.311 e. The Hall–Kier alpha value is -8.08. The van der Waals surface area contributed by atoms with Crippen molar-refractivity contribution in [3.8, 4) is 0 Å². The Labute approximate surface area is 413 Å². The third-order valence-electron chi connectivity index (χ3n) is 14.8. The van der Waals surface area contributed by atoms with Crippen molar-refractivity contribution in [2.45, 2.75) is 52.4 Å². The zero-order chi connectivity index (χ0) is 48.1. The SMILES string of the molecule is C=Cc1cc2c(cc1C=C)N(c1ccc3ccccc3c1)c1cc(N(c3ccc(C(C)(C)C)cc3)c3ccc(C(C)(C)C)cc3)cc3c1B2c1cc2ccccc2cc1N3c1ccc2ccccc2c1. The molecule has 10 aromatic rings. The van der Waals surface area contributed by atoms with Gasteiger partial charge in [-0.15, -0.1) is 0 Å². The summed E-state index contributed by atoms with van der Waals surface area (Å²) < 4.78 is 0. The first kappa shape index (κ1) is 43.2. The summed E-state index contributed by atoms with van der Waals surface area (Å²) >= 11 is 0. The Morgan fingerprint density at radius 3 is 1.24 bits per heavy atom. The predicted molar refractivity (Wildman–Crippen MR) is 305 cm³/mol. The molecule has 12 rings (SSSR count). The molecule has 0 bridgehead atoms. The van der Waals surface area contributed by atoms with Gasteiger partial charge in [0.15, 0.2) is 0 Å². The zero-order valence-corrected chi connectivity index (χ0v) is 41.0. The van der Waals surface area contributed by atoms with Crippen LogP contribution in [0, 0.1) is 0 Å². The summed E-state index contributed by atoms with van der Waals surface area (Å²) in [4.78, 5) is 7.53. The van der Waals surface area contributed by atoms with E-state index in [0.717, 1.165) is 56.6 Å². The van der Waals surface area contributed by atoms with E-state index < -0.39 is 0 Å². The van der Waals surface area contributed by atoms with Crippen LogP contribution in [0.5, 0.6) is 0 Å². The van der Waals surface area contributed by atoms with Crippen molar-refractivity contribution >= 4 is 119 Å². The van der Waals surface area contributed by atoms with Gasteiger partial charge in [-0.05, 0) is 155 Å². The highest BCUT2D eigenvalue weighted by Crippen LogP contribution is 2.50. The summed E-state index contributed by atoms with van der Waals surface area (Å²) in [7, 11) is 0. The maximum atomic E-state index is 4.34. The topological polar surface area (TPSA) is 9.72 Å². The molecule has 0 aromatic heterocycles. The zero-order valence-electron chi connectivity index (χ0n) is 41.0. The lowest BCUT2D eigenvalue weighted by atomic mass is 9.33. The van der Waals surface area contributed by atoms with E-state index in [4.69, 9.17) is 0 Å². The summed E-state index contributed by atoms with van der Waals surface area (Å²) in [5, 5.41) is 7.23. The van der Waals surface area contributed by atoms with Crippen molar-refractivity contribution in [3.63, 3.8) is 0 Å². The van der Waals surface area contributed by atoms with Crippen LogP contribution in [0.15, 0.2) is 207 Å². The number of hydrogen-bond donors (Lipinski definition) is 0. The fraction of sp³-hybridized carbons (Fsp3) is 0.121. The highest BCUT2D eigenvalue weighted by Gasteiger charge is 2.44. The smallest absolute Gasteiger partial charge is 0.252 e. The fourth-order valence-corrected chi connectivity index (χ4v) is 11.1. The van der Waals surface area contributed by atoms with E-state index >= 15 is 0 Å². The van der Waals surface area contributed by atoms with Gasteiger partial charge in [0.2, 0.25) is 0 Å². The molecular formula is C66H56BN3. The molecule has 0 fully saturated rings. The molecule has 0 radical (unpaired) electrons. The third-order valence-corrected chi connectivity index (χ3v) is 14.8. The summed E-state index contributed by atoms with van der Waals surface area (Å²) in [5.41, 5.74) is 18.5. The summed E-state index contributed by atoms with van der Waals surface area (Å²) in [6.45, 7) is 22.3. The van der Waals surface area contributed by atoms with E-state index in [9.17, 15) is 0 Å². The molecule has 3 nitrogen and oxygen atoms in total. The van der Waals surface area contributed by atoms with Crippen molar-refractivity contribution in [2.24, 2.45) is 0 Å². The van der Waals surface area contributed by atoms with E-state index in [1.165, 1.54) is 65.5 Å². The van der Waals surface area contributed by atoms with Gasteiger partial charge in [0.25, 0.3) is 6.71 Å². The Kier molecular flexibility index (Phi) is 10.1. The fourth-order valence-electron chi connectivity index (χ4n) is 11.1. The molecule has 4 heteroatoms. The molecule has 338 valence electrons. The quantitative estimate of drug-likeness (QED) is 0.148. The summed E-state index contributed by atoms with van der Waals surface area (Å²) in [6.07, 6.45) is 3.96. The van der Waals surface area contributed by atoms with E-state index in [1.54, 1.807) is 0 Å². The Morgan fingerprint density at radius 2 is 0.786 bits per heavy atom. The van der Waals surface area contributed by atoms with Crippen LogP contribution >= 0.6 is 0 Å². The monoisotopic (exact) mass is 901 g/mol. The average molecular weight is 902 g/mol. The van der Waals surface area contributed by atoms with Crippen LogP contribution in [-0.4, -0.2) is 6.71 Å². The lowest BCUT2D eigenvalue weighted by Crippen LogP contribution is -2.61. The number of anilines is 9. The van der Waals surface area contributed by atoms with Crippen LogP contribution in [0.4, 0.5) is 51.2 Å². The third kappa shape index (κ3) is 7.12. The largest absolute Gasteiger partial charge is 0.311 e. The van der Waals surface area contributed by atoms with E-state index in [1.807, 2.05) is 12.2 Å². The van der Waals surface area contributed by atoms with E-state index in [0.29, 0.717) is 0 Å². The lowest BCUT2D eigenvalue weighted by Gasteiger charge is -2.45. The summed E-state index contributed by atoms with van der Waals surface area (Å²) in [5.74, 6) is 0. The normalized spacial score (nSPS) is 13.0. The van der Waals surface area contributed by atoms with Crippen molar-refractivity contribution < 1.29 is 0 Å². The van der Waals surface area contributed by atoms with Crippen LogP contribution in [0.25, 0.3) is 44.5 Å². The van der Waals surface area contributed by atoms with Gasteiger partial charge < -0.3 is 14.7 Å². The van der Waals surface area contributed by atoms with Gasteiger partial charge in [-0.1, -0.05) is 188 Å². The molecule has 10 aromatic carbocycles. The second kappa shape index (κ2) is 16.3. The highest BCUT2D eigenvalue weighted by molar-refractivity contribution is 7.00. The summed E-state index contributed by atoms with van der Waals surface area (Å²) in [6, 6.07) is 73.0. The van der Waals surface area contributed by atoms with Crippen LogP contribution in [0.1, 0.15) is 63.8 Å². The van der Waals surface area contributed by atoms with Crippen LogP contribution in [0.2, 0.25) is 0 Å². The van der Waals surface area contributed by atoms with Gasteiger partial charge in [-0.2, -0.15) is 0 Å². The maximum Gasteiger partial charge on any atom is 0.252 e. The number of rotatable bonds is 7. The van der Waals surface area contributed by atoms with Crippen molar-refractivity contribution in [2.75, 3.05) is 14.7 Å². The first-order chi connectivity index (χ1) is 33.9. The molecule has 0 spiro atoms. The van der Waals surface area contributed by atoms with Gasteiger partial charge in [0, 0.05) is 45.5 Å². The van der Waals surface area contributed by atoms with Gasteiger partial charge in [-0.25, -0.2) is 0 Å². The predicted octanol–water partition coefficient (Wildman–Crippen LogP) is 16.6. The molecule has 0 N–H and O–H groups in total. The van der Waals surface area contributed by atoms with Gasteiger partial charge in [0.05, 0.1) is 5.69 Å². The molecule has 2 heterocycles. The number of fused-ring (bicyclic) bond motifs is 7. The van der Waals surface area contributed by atoms with Crippen molar-refractivity contribution in [1.82, 2.24) is 0 Å². The molecule has 0 aliphatic carbocycles. The molecule has 0 saturated heterocycles. The van der Waals surface area contributed by atoms with Gasteiger partial charge in [0.1, 0.15) is 0 Å². The van der Waals surface area contributed by atoms with Crippen molar-refractivity contribution in [1.29, 1.82) is 0 Å². The molecule has 2 aliphatic rings. The van der Waals surface area contributed by atoms with E-state index in [-0.39, 0.29) is 17.5 Å². The molecule has 2 aliphatic heterocycles. The maximum absolute atomic E-state index is 4.34. The molecule has 70 heavy (non-hydrogen) atoms. The van der Waals surface area contributed by atoms with Crippen molar-refractivity contribution in [3.05, 3.63) is 230 Å². The molecule has 0 saturated carbocycles. The number of nitrogens with zero attached hydrogens (tertiary/aromatic N) is 3. The van der Waals surface area contributed by atoms with Crippen LogP contribution in [0.3, 0.4) is 0 Å². The first-order valence-corrected chi connectivity index (χ1v) is 24.6. The molecular weight excluding hydrogens is 846 g/mol. The lowest BCUT2D eigenvalue weighted by molar-refractivity contribution is 0.590. The minimum atomic E-state index is -0.106. The first-order valence-electron chi connectivity index (χ1n) is 24.6. The Morgan fingerprint density at radius 1 is 0.386 bits per heavy atom. The van der Waals surface area contributed by atoms with Gasteiger partial charge in [-0.3, -0.25) is 0 Å². The highest BCUT2D eigenvalue weighted by atomic mass is 15.2. The van der Waals surface area contributed by atoms with E-state index in [2.05, 4.69) is 264 Å².